The molecule has 0 aromatic carbocycles. The standard InChI is InChI=1S/C10H19NO2/c1-3-4-5-8(2)6-9(11)7-10(12)13/h8,11H,3-7H2,1-2H3,(H,12,13). The van der Waals surface area contributed by atoms with Crippen LogP contribution in [0.25, 0.3) is 0 Å². The Morgan fingerprint density at radius 1 is 1.54 bits per heavy atom. The molecule has 2 N–H and O–H groups in total. The minimum absolute atomic E-state index is 0.101. The molecule has 0 rings (SSSR count). The monoisotopic (exact) mass is 185 g/mol. The van der Waals surface area contributed by atoms with Gasteiger partial charge in [0, 0.05) is 5.71 Å². The van der Waals surface area contributed by atoms with Crippen molar-refractivity contribution in [2.45, 2.75) is 46.0 Å². The normalized spacial score (nSPS) is 12.5. The van der Waals surface area contributed by atoms with Gasteiger partial charge in [0.1, 0.15) is 0 Å². The number of hydrogen-bond acceptors (Lipinski definition) is 2. The molecule has 1 unspecified atom stereocenters. The van der Waals surface area contributed by atoms with Crippen LogP contribution in [0.15, 0.2) is 0 Å². The summed E-state index contributed by atoms with van der Waals surface area (Å²) in [6.07, 6.45) is 3.96. The van der Waals surface area contributed by atoms with Crippen LogP contribution < -0.4 is 0 Å². The highest BCUT2D eigenvalue weighted by Crippen LogP contribution is 2.13. The Balaban J connectivity index is 3.59. The SMILES string of the molecule is CCCCC(C)CC(=N)CC(=O)O. The van der Waals surface area contributed by atoms with Gasteiger partial charge in [0.2, 0.25) is 0 Å². The van der Waals surface area contributed by atoms with Gasteiger partial charge in [-0.15, -0.1) is 0 Å². The number of carbonyl (C=O) groups is 1. The van der Waals surface area contributed by atoms with E-state index in [1.165, 1.54) is 6.42 Å². The van der Waals surface area contributed by atoms with Crippen molar-refractivity contribution in [1.82, 2.24) is 0 Å². The predicted molar refractivity (Wildman–Crippen MR) is 53.3 cm³/mol. The number of hydrogen-bond donors (Lipinski definition) is 2. The first-order chi connectivity index (χ1) is 6.06. The molecule has 0 aliphatic rings. The van der Waals surface area contributed by atoms with E-state index in [-0.39, 0.29) is 6.42 Å². The third-order valence-electron chi connectivity index (χ3n) is 2.01. The summed E-state index contributed by atoms with van der Waals surface area (Å²) in [5.74, 6) is -0.445. The van der Waals surface area contributed by atoms with E-state index < -0.39 is 5.97 Å². The zero-order valence-corrected chi connectivity index (χ0v) is 8.47. The molecule has 0 amide bonds. The lowest BCUT2D eigenvalue weighted by atomic mass is 9.97. The van der Waals surface area contributed by atoms with Crippen LogP contribution in [0.5, 0.6) is 0 Å². The van der Waals surface area contributed by atoms with Crippen molar-refractivity contribution >= 4 is 11.7 Å². The number of carboxylic acid groups (broad SMARTS) is 1. The number of nitrogens with one attached hydrogen (secondary N) is 1. The van der Waals surface area contributed by atoms with E-state index in [1.54, 1.807) is 0 Å². The summed E-state index contributed by atoms with van der Waals surface area (Å²) in [5, 5.41) is 15.8. The summed E-state index contributed by atoms with van der Waals surface area (Å²) < 4.78 is 0. The Labute approximate surface area is 79.7 Å². The van der Waals surface area contributed by atoms with Gasteiger partial charge in [-0.25, -0.2) is 0 Å². The fourth-order valence-corrected chi connectivity index (χ4v) is 1.33. The quantitative estimate of drug-likeness (QED) is 0.599. The molecule has 0 aromatic heterocycles. The van der Waals surface area contributed by atoms with E-state index in [4.69, 9.17) is 10.5 Å². The van der Waals surface area contributed by atoms with Crippen LogP contribution >= 0.6 is 0 Å². The zero-order valence-electron chi connectivity index (χ0n) is 8.47. The molecule has 1 atom stereocenters. The smallest absolute Gasteiger partial charge is 0.309 e. The molecule has 0 radical (unpaired) electrons. The van der Waals surface area contributed by atoms with Crippen molar-refractivity contribution < 1.29 is 9.90 Å². The summed E-state index contributed by atoms with van der Waals surface area (Å²) in [4.78, 5) is 10.3. The fraction of sp³-hybridized carbons (Fsp3) is 0.800. The molecule has 0 bridgehead atoms. The maximum Gasteiger partial charge on any atom is 0.309 e. The lowest BCUT2D eigenvalue weighted by molar-refractivity contribution is -0.135. The predicted octanol–water partition coefficient (Wildman–Crippen LogP) is 2.70. The molecule has 13 heavy (non-hydrogen) atoms. The molecule has 76 valence electrons. The minimum Gasteiger partial charge on any atom is -0.481 e. The van der Waals surface area contributed by atoms with Crippen LogP contribution in [0.2, 0.25) is 0 Å². The van der Waals surface area contributed by atoms with Gasteiger partial charge in [-0.3, -0.25) is 4.79 Å². The molecular formula is C10H19NO2. The van der Waals surface area contributed by atoms with Crippen LogP contribution in [-0.4, -0.2) is 16.8 Å². The average Bonchev–Trinajstić information content (AvgIpc) is 1.98. The van der Waals surface area contributed by atoms with Gasteiger partial charge in [-0.1, -0.05) is 33.1 Å². The molecule has 0 heterocycles. The van der Waals surface area contributed by atoms with E-state index in [0.717, 1.165) is 12.8 Å². The lowest BCUT2D eigenvalue weighted by Crippen LogP contribution is -2.09. The average molecular weight is 185 g/mol. The van der Waals surface area contributed by atoms with Crippen molar-refractivity contribution in [2.75, 3.05) is 0 Å². The molecule has 0 aliphatic carbocycles. The van der Waals surface area contributed by atoms with Gasteiger partial charge < -0.3 is 10.5 Å². The topological polar surface area (TPSA) is 61.2 Å². The van der Waals surface area contributed by atoms with Crippen LogP contribution in [0, 0.1) is 11.3 Å². The first-order valence-electron chi connectivity index (χ1n) is 4.84. The van der Waals surface area contributed by atoms with Gasteiger partial charge in [-0.2, -0.15) is 0 Å². The summed E-state index contributed by atoms with van der Waals surface area (Å²) >= 11 is 0. The van der Waals surface area contributed by atoms with E-state index in [2.05, 4.69) is 13.8 Å². The van der Waals surface area contributed by atoms with Crippen LogP contribution in [0.1, 0.15) is 46.0 Å². The Morgan fingerprint density at radius 2 is 2.15 bits per heavy atom. The van der Waals surface area contributed by atoms with E-state index in [9.17, 15) is 4.79 Å². The molecule has 3 heteroatoms. The number of carboxylic acids is 1. The van der Waals surface area contributed by atoms with Crippen molar-refractivity contribution in [3.8, 4) is 0 Å². The van der Waals surface area contributed by atoms with Gasteiger partial charge in [0.25, 0.3) is 0 Å². The highest BCUT2D eigenvalue weighted by molar-refractivity contribution is 5.96. The van der Waals surface area contributed by atoms with Crippen LogP contribution in [0.3, 0.4) is 0 Å². The van der Waals surface area contributed by atoms with E-state index >= 15 is 0 Å². The summed E-state index contributed by atoms with van der Waals surface area (Å²) in [7, 11) is 0. The highest BCUT2D eigenvalue weighted by atomic mass is 16.4. The van der Waals surface area contributed by atoms with Crippen molar-refractivity contribution in [3.63, 3.8) is 0 Å². The highest BCUT2D eigenvalue weighted by Gasteiger charge is 2.08. The Kier molecular flexibility index (Phi) is 6.20. The molecule has 0 fully saturated rings. The van der Waals surface area contributed by atoms with E-state index in [0.29, 0.717) is 18.1 Å². The first-order valence-corrected chi connectivity index (χ1v) is 4.84. The Morgan fingerprint density at radius 3 is 2.62 bits per heavy atom. The molecule has 0 saturated carbocycles. The third-order valence-corrected chi connectivity index (χ3v) is 2.01. The maximum absolute atomic E-state index is 10.3. The summed E-state index contributed by atoms with van der Waals surface area (Å²) in [6, 6.07) is 0. The molecule has 0 spiro atoms. The summed E-state index contributed by atoms with van der Waals surface area (Å²) in [6.45, 7) is 4.21. The maximum atomic E-state index is 10.3. The second-order valence-electron chi connectivity index (χ2n) is 3.63. The largest absolute Gasteiger partial charge is 0.481 e. The molecule has 0 aliphatic heterocycles. The van der Waals surface area contributed by atoms with Gasteiger partial charge in [0.05, 0.1) is 6.42 Å². The first kappa shape index (κ1) is 12.1. The second kappa shape index (κ2) is 6.63. The molecule has 0 saturated heterocycles. The second-order valence-corrected chi connectivity index (χ2v) is 3.63. The molecule has 0 aromatic rings. The van der Waals surface area contributed by atoms with Crippen molar-refractivity contribution in [1.29, 1.82) is 5.41 Å². The Bertz CT molecular complexity index is 178. The van der Waals surface area contributed by atoms with Crippen molar-refractivity contribution in [2.24, 2.45) is 5.92 Å². The van der Waals surface area contributed by atoms with Crippen LogP contribution in [0.4, 0.5) is 0 Å². The molecular weight excluding hydrogens is 166 g/mol. The number of rotatable bonds is 7. The fourth-order valence-electron chi connectivity index (χ4n) is 1.33. The number of aliphatic carboxylic acids is 1. The van der Waals surface area contributed by atoms with Gasteiger partial charge >= 0.3 is 5.97 Å². The van der Waals surface area contributed by atoms with E-state index in [1.807, 2.05) is 0 Å². The summed E-state index contributed by atoms with van der Waals surface area (Å²) in [5.41, 5.74) is 0.344. The minimum atomic E-state index is -0.896. The Hall–Kier alpha value is -0.860. The number of unbranched alkanes of at least 4 members (excludes halogenated alkanes) is 1. The molecule has 3 nitrogen and oxygen atoms in total. The zero-order chi connectivity index (χ0) is 10.3. The van der Waals surface area contributed by atoms with Crippen LogP contribution in [-0.2, 0) is 4.79 Å². The lowest BCUT2D eigenvalue weighted by Gasteiger charge is -2.09. The third kappa shape index (κ3) is 7.50. The van der Waals surface area contributed by atoms with Gasteiger partial charge in [-0.05, 0) is 12.3 Å². The van der Waals surface area contributed by atoms with Gasteiger partial charge in [0.15, 0.2) is 0 Å². The van der Waals surface area contributed by atoms with Crippen molar-refractivity contribution in [3.05, 3.63) is 0 Å².